The Hall–Kier alpha value is -1.91. The Bertz CT molecular complexity index is 836. The van der Waals surface area contributed by atoms with Gasteiger partial charge >= 0.3 is 5.97 Å². The highest BCUT2D eigenvalue weighted by molar-refractivity contribution is 6.99. The van der Waals surface area contributed by atoms with Crippen LogP contribution < -0.4 is 10.4 Å². The SMILES string of the molecule is CCCCCCCCCC(=O)OC(C)CCCCCCO[Si](c1ccccc1)(c1ccccc1)C(C)(C)C. The van der Waals surface area contributed by atoms with E-state index in [1.807, 2.05) is 6.92 Å². The van der Waals surface area contributed by atoms with Crippen molar-refractivity contribution in [2.75, 3.05) is 6.61 Å². The first-order valence-corrected chi connectivity index (χ1v) is 17.2. The van der Waals surface area contributed by atoms with Crippen molar-refractivity contribution in [1.82, 2.24) is 0 Å². The molecule has 0 aromatic heterocycles. The largest absolute Gasteiger partial charge is 0.463 e. The number of esters is 1. The minimum atomic E-state index is -2.43. The molecule has 212 valence electrons. The number of hydrogen-bond donors (Lipinski definition) is 0. The van der Waals surface area contributed by atoms with E-state index in [2.05, 4.69) is 88.4 Å². The summed E-state index contributed by atoms with van der Waals surface area (Å²) in [6.07, 6.45) is 14.5. The number of carbonyl (C=O) groups is 1. The van der Waals surface area contributed by atoms with E-state index in [9.17, 15) is 4.79 Å². The van der Waals surface area contributed by atoms with E-state index in [-0.39, 0.29) is 17.1 Å². The molecule has 3 nitrogen and oxygen atoms in total. The fraction of sp³-hybridized carbons (Fsp3) is 0.618. The molecule has 1 atom stereocenters. The molecule has 1 unspecified atom stereocenters. The number of benzene rings is 2. The molecule has 0 saturated carbocycles. The predicted molar refractivity (Wildman–Crippen MR) is 165 cm³/mol. The fourth-order valence-corrected chi connectivity index (χ4v) is 10.0. The molecule has 0 N–H and O–H groups in total. The van der Waals surface area contributed by atoms with Crippen molar-refractivity contribution >= 4 is 24.7 Å². The summed E-state index contributed by atoms with van der Waals surface area (Å²) in [6, 6.07) is 21.7. The Balaban J connectivity index is 1.72. The number of unbranched alkanes of at least 4 members (excludes halogenated alkanes) is 9. The summed E-state index contributed by atoms with van der Waals surface area (Å²) >= 11 is 0. The summed E-state index contributed by atoms with van der Waals surface area (Å²) in [6.45, 7) is 12.0. The molecule has 0 bridgehead atoms. The smallest absolute Gasteiger partial charge is 0.306 e. The van der Waals surface area contributed by atoms with E-state index < -0.39 is 8.32 Å². The van der Waals surface area contributed by atoms with Crippen LogP contribution in [0, 0.1) is 0 Å². The molecule has 0 amide bonds. The highest BCUT2D eigenvalue weighted by Crippen LogP contribution is 2.36. The third kappa shape index (κ3) is 10.7. The maximum absolute atomic E-state index is 12.1. The van der Waals surface area contributed by atoms with Gasteiger partial charge in [0.1, 0.15) is 0 Å². The molecule has 38 heavy (non-hydrogen) atoms. The van der Waals surface area contributed by atoms with Crippen molar-refractivity contribution in [2.45, 2.75) is 129 Å². The van der Waals surface area contributed by atoms with E-state index in [0.717, 1.165) is 51.6 Å². The van der Waals surface area contributed by atoms with Gasteiger partial charge in [-0.15, -0.1) is 0 Å². The monoisotopic (exact) mass is 538 g/mol. The van der Waals surface area contributed by atoms with E-state index in [1.54, 1.807) is 0 Å². The van der Waals surface area contributed by atoms with Crippen molar-refractivity contribution in [2.24, 2.45) is 0 Å². The van der Waals surface area contributed by atoms with Crippen LogP contribution in [-0.2, 0) is 14.0 Å². The molecule has 2 rings (SSSR count). The summed E-state index contributed by atoms with van der Waals surface area (Å²) in [5.74, 6) is -0.0234. The average Bonchev–Trinajstić information content (AvgIpc) is 2.90. The van der Waals surface area contributed by atoms with Crippen LogP contribution in [0.5, 0.6) is 0 Å². The lowest BCUT2D eigenvalue weighted by Gasteiger charge is -2.43. The standard InChI is InChI=1S/C34H54O3Si/c1-6-7-8-9-10-11-21-28-33(35)37-30(2)23-16-12-13-22-29-36-38(34(3,4)5,31-24-17-14-18-25-31)32-26-19-15-20-27-32/h14-15,17-20,24-27,30H,6-13,16,21-23,28-29H2,1-5H3. The maximum Gasteiger partial charge on any atom is 0.306 e. The van der Waals surface area contributed by atoms with Gasteiger partial charge in [-0.25, -0.2) is 0 Å². The van der Waals surface area contributed by atoms with Gasteiger partial charge in [-0.1, -0.05) is 140 Å². The molecular weight excluding hydrogens is 484 g/mol. The van der Waals surface area contributed by atoms with Crippen LogP contribution in [0.3, 0.4) is 0 Å². The molecule has 2 aromatic rings. The van der Waals surface area contributed by atoms with Crippen LogP contribution >= 0.6 is 0 Å². The highest BCUT2D eigenvalue weighted by Gasteiger charge is 2.49. The fourth-order valence-electron chi connectivity index (χ4n) is 5.44. The second kappa shape index (κ2) is 17.6. The van der Waals surface area contributed by atoms with Crippen molar-refractivity contribution in [3.8, 4) is 0 Å². The first-order chi connectivity index (χ1) is 18.3. The summed E-state index contributed by atoms with van der Waals surface area (Å²) in [5.41, 5.74) is 0. The lowest BCUT2D eigenvalue weighted by molar-refractivity contribution is -0.148. The molecular formula is C34H54O3Si. The molecule has 0 aliphatic heterocycles. The zero-order valence-corrected chi connectivity index (χ0v) is 26.0. The Morgan fingerprint density at radius 1 is 0.737 bits per heavy atom. The van der Waals surface area contributed by atoms with Gasteiger partial charge in [0.05, 0.1) is 6.10 Å². The Morgan fingerprint density at radius 2 is 1.24 bits per heavy atom. The van der Waals surface area contributed by atoms with Gasteiger partial charge in [-0.05, 0) is 48.0 Å². The van der Waals surface area contributed by atoms with E-state index >= 15 is 0 Å². The van der Waals surface area contributed by atoms with Gasteiger partial charge in [0.25, 0.3) is 8.32 Å². The first kappa shape index (κ1) is 32.3. The van der Waals surface area contributed by atoms with Crippen LogP contribution in [0.2, 0.25) is 5.04 Å². The average molecular weight is 539 g/mol. The molecule has 0 spiro atoms. The molecule has 0 saturated heterocycles. The molecule has 4 heteroatoms. The maximum atomic E-state index is 12.1. The Kier molecular flexibility index (Phi) is 15.0. The second-order valence-corrected chi connectivity index (χ2v) is 16.2. The molecule has 0 heterocycles. The lowest BCUT2D eigenvalue weighted by atomic mass is 10.1. The summed E-state index contributed by atoms with van der Waals surface area (Å²) < 4.78 is 12.6. The molecule has 2 aromatic carbocycles. The van der Waals surface area contributed by atoms with E-state index in [4.69, 9.17) is 9.16 Å². The molecule has 0 aliphatic carbocycles. The molecule has 0 aliphatic rings. The van der Waals surface area contributed by atoms with Gasteiger partial charge in [-0.2, -0.15) is 0 Å². The minimum Gasteiger partial charge on any atom is -0.463 e. The lowest BCUT2D eigenvalue weighted by Crippen LogP contribution is -2.66. The van der Waals surface area contributed by atoms with Gasteiger partial charge < -0.3 is 9.16 Å². The van der Waals surface area contributed by atoms with Gasteiger partial charge in [0, 0.05) is 13.0 Å². The van der Waals surface area contributed by atoms with Gasteiger partial charge in [0.2, 0.25) is 0 Å². The Morgan fingerprint density at radius 3 is 1.79 bits per heavy atom. The van der Waals surface area contributed by atoms with Gasteiger partial charge in [0.15, 0.2) is 0 Å². The van der Waals surface area contributed by atoms with Crippen LogP contribution in [0.1, 0.15) is 118 Å². The zero-order chi connectivity index (χ0) is 27.7. The van der Waals surface area contributed by atoms with Crippen LogP contribution in [-0.4, -0.2) is 27.0 Å². The van der Waals surface area contributed by atoms with E-state index in [0.29, 0.717) is 6.42 Å². The highest BCUT2D eigenvalue weighted by atomic mass is 28.4. The summed E-state index contributed by atoms with van der Waals surface area (Å²) in [4.78, 5) is 12.1. The van der Waals surface area contributed by atoms with Crippen molar-refractivity contribution in [1.29, 1.82) is 0 Å². The van der Waals surface area contributed by atoms with Crippen molar-refractivity contribution < 1.29 is 14.0 Å². The second-order valence-electron chi connectivity index (χ2n) is 11.9. The number of carbonyl (C=O) groups excluding carboxylic acids is 1. The normalized spacial score (nSPS) is 12.9. The molecule has 0 radical (unpaired) electrons. The van der Waals surface area contributed by atoms with E-state index in [1.165, 1.54) is 42.5 Å². The predicted octanol–water partition coefficient (Wildman–Crippen LogP) is 8.59. The quantitative estimate of drug-likeness (QED) is 0.102. The van der Waals surface area contributed by atoms with Crippen molar-refractivity contribution in [3.63, 3.8) is 0 Å². The minimum absolute atomic E-state index is 0.0143. The summed E-state index contributed by atoms with van der Waals surface area (Å²) in [7, 11) is -2.43. The third-order valence-corrected chi connectivity index (χ3v) is 12.6. The zero-order valence-electron chi connectivity index (χ0n) is 25.0. The topological polar surface area (TPSA) is 35.5 Å². The Labute approximate surface area is 234 Å². The van der Waals surface area contributed by atoms with Crippen LogP contribution in [0.25, 0.3) is 0 Å². The number of rotatable bonds is 19. The molecule has 0 fully saturated rings. The number of hydrogen-bond acceptors (Lipinski definition) is 3. The first-order valence-electron chi connectivity index (χ1n) is 15.3. The number of ether oxygens (including phenoxy) is 1. The van der Waals surface area contributed by atoms with Gasteiger partial charge in [-0.3, -0.25) is 4.79 Å². The van der Waals surface area contributed by atoms with Crippen molar-refractivity contribution in [3.05, 3.63) is 60.7 Å². The summed E-state index contributed by atoms with van der Waals surface area (Å²) in [5, 5.41) is 2.70. The van der Waals surface area contributed by atoms with Crippen LogP contribution in [0.4, 0.5) is 0 Å². The third-order valence-electron chi connectivity index (χ3n) is 7.56. The van der Waals surface area contributed by atoms with Crippen LogP contribution in [0.15, 0.2) is 60.7 Å².